The molecule has 0 radical (unpaired) electrons. The zero-order valence-electron chi connectivity index (χ0n) is 15.8. The van der Waals surface area contributed by atoms with E-state index in [0.717, 1.165) is 5.56 Å². The lowest BCUT2D eigenvalue weighted by Crippen LogP contribution is -2.28. The second kappa shape index (κ2) is 7.16. The van der Waals surface area contributed by atoms with E-state index in [2.05, 4.69) is 14.2 Å². The summed E-state index contributed by atoms with van der Waals surface area (Å²) in [7, 11) is -4.49. The molecule has 0 unspecified atom stereocenters. The van der Waals surface area contributed by atoms with Gasteiger partial charge in [-0.1, -0.05) is 6.07 Å². The van der Waals surface area contributed by atoms with Crippen LogP contribution >= 0.6 is 0 Å². The predicted octanol–water partition coefficient (Wildman–Crippen LogP) is 2.67. The summed E-state index contributed by atoms with van der Waals surface area (Å²) < 4.78 is 70.9. The van der Waals surface area contributed by atoms with Gasteiger partial charge < -0.3 is 14.7 Å². The monoisotopic (exact) mass is 444 g/mol. The van der Waals surface area contributed by atoms with Gasteiger partial charge in [0.1, 0.15) is 17.1 Å². The normalized spacial score (nSPS) is 12.2. The van der Waals surface area contributed by atoms with Gasteiger partial charge in [0.05, 0.1) is 24.6 Å². The Morgan fingerprint density at radius 2 is 1.90 bits per heavy atom. The molecular formula is C17H15F3N4O5S. The van der Waals surface area contributed by atoms with Crippen molar-refractivity contribution >= 4 is 33.4 Å². The van der Waals surface area contributed by atoms with Gasteiger partial charge in [-0.3, -0.25) is 9.36 Å². The number of methoxy groups -OCH3 is 1. The molecule has 0 aliphatic carbocycles. The molecule has 0 spiro atoms. The number of aromatic nitrogens is 3. The molecule has 2 aromatic heterocycles. The fourth-order valence-electron chi connectivity index (χ4n) is 2.99. The molecule has 1 aromatic carbocycles. The van der Waals surface area contributed by atoms with Crippen LogP contribution in [0, 0.1) is 13.8 Å². The van der Waals surface area contributed by atoms with Gasteiger partial charge in [-0.25, -0.2) is 9.97 Å². The molecule has 0 bridgehead atoms. The second-order valence-corrected chi connectivity index (χ2v) is 7.71. The predicted molar refractivity (Wildman–Crippen MR) is 100 cm³/mol. The highest BCUT2D eigenvalue weighted by Crippen LogP contribution is 2.35. The zero-order valence-corrected chi connectivity index (χ0v) is 16.6. The molecule has 0 saturated heterocycles. The SMILES string of the molecule is COc1ccc(C)c(-n2c(N)c(C=O)c3nc(OS(=O)(=O)C(F)(F)F)cnc32)c1C. The number of alkyl halides is 3. The van der Waals surface area contributed by atoms with Crippen molar-refractivity contribution in [2.75, 3.05) is 12.8 Å². The number of nitrogen functional groups attached to an aromatic ring is 1. The molecule has 3 rings (SSSR count). The number of carbonyl (C=O) groups is 1. The van der Waals surface area contributed by atoms with E-state index in [1.54, 1.807) is 26.0 Å². The third-order valence-electron chi connectivity index (χ3n) is 4.34. The smallest absolute Gasteiger partial charge is 0.496 e. The summed E-state index contributed by atoms with van der Waals surface area (Å²) >= 11 is 0. The first-order chi connectivity index (χ1) is 13.9. The number of fused-ring (bicyclic) bond motifs is 1. The van der Waals surface area contributed by atoms with Gasteiger partial charge in [-0.05, 0) is 25.5 Å². The number of ether oxygens (including phenoxy) is 1. The quantitative estimate of drug-likeness (QED) is 0.362. The third kappa shape index (κ3) is 3.30. The summed E-state index contributed by atoms with van der Waals surface area (Å²) in [6, 6.07) is 3.48. The van der Waals surface area contributed by atoms with Crippen molar-refractivity contribution in [2.45, 2.75) is 19.4 Å². The summed E-state index contributed by atoms with van der Waals surface area (Å²) in [6.45, 7) is 3.52. The van der Waals surface area contributed by atoms with E-state index in [4.69, 9.17) is 10.5 Å². The molecule has 0 aliphatic rings. The molecule has 0 amide bonds. The Kier molecular flexibility index (Phi) is 5.10. The molecule has 2 N–H and O–H groups in total. The number of nitrogens with zero attached hydrogens (tertiary/aromatic N) is 3. The Bertz CT molecular complexity index is 1270. The summed E-state index contributed by atoms with van der Waals surface area (Å²) in [5.41, 5.74) is 1.97. The first kappa shape index (κ1) is 21.4. The van der Waals surface area contributed by atoms with Crippen LogP contribution in [0.4, 0.5) is 19.0 Å². The van der Waals surface area contributed by atoms with Gasteiger partial charge in [-0.2, -0.15) is 21.6 Å². The minimum absolute atomic E-state index is 0.0193. The lowest BCUT2D eigenvalue weighted by atomic mass is 10.1. The number of aryl methyl sites for hydroxylation is 1. The fraction of sp³-hybridized carbons (Fsp3) is 0.235. The Balaban J connectivity index is 2.28. The maximum absolute atomic E-state index is 12.6. The standard InChI is InChI=1S/C17H15F3N4O5S/c1-8-4-5-11(28-3)9(2)14(8)24-15(21)10(7-25)13-16(24)22-6-12(23-13)29-30(26,27)17(18,19)20/h4-7H,21H2,1-3H3. The van der Waals surface area contributed by atoms with Gasteiger partial charge in [0.25, 0.3) is 5.88 Å². The topological polar surface area (TPSA) is 126 Å². The number of halogens is 3. The molecule has 0 aliphatic heterocycles. The van der Waals surface area contributed by atoms with Crippen molar-refractivity contribution in [1.82, 2.24) is 14.5 Å². The third-order valence-corrected chi connectivity index (χ3v) is 5.29. The number of rotatable bonds is 5. The summed E-state index contributed by atoms with van der Waals surface area (Å²) in [5, 5.41) is 0. The average Bonchev–Trinajstić information content (AvgIpc) is 2.91. The van der Waals surface area contributed by atoms with Crippen LogP contribution in [0.3, 0.4) is 0 Å². The highest BCUT2D eigenvalue weighted by Gasteiger charge is 2.49. The Morgan fingerprint density at radius 3 is 2.47 bits per heavy atom. The van der Waals surface area contributed by atoms with E-state index in [0.29, 0.717) is 29.5 Å². The van der Waals surface area contributed by atoms with E-state index in [1.807, 2.05) is 0 Å². The van der Waals surface area contributed by atoms with Crippen LogP contribution in [-0.4, -0.2) is 41.9 Å². The van der Waals surface area contributed by atoms with E-state index in [9.17, 15) is 26.4 Å². The molecule has 9 nitrogen and oxygen atoms in total. The molecule has 160 valence electrons. The zero-order chi connectivity index (χ0) is 22.4. The van der Waals surface area contributed by atoms with Crippen LogP contribution in [0.15, 0.2) is 18.3 Å². The van der Waals surface area contributed by atoms with Crippen molar-refractivity contribution in [3.8, 4) is 17.3 Å². The van der Waals surface area contributed by atoms with E-state index in [1.165, 1.54) is 11.7 Å². The number of anilines is 1. The van der Waals surface area contributed by atoms with Crippen molar-refractivity contribution in [3.63, 3.8) is 0 Å². The van der Waals surface area contributed by atoms with E-state index >= 15 is 0 Å². The van der Waals surface area contributed by atoms with Crippen molar-refractivity contribution < 1.29 is 35.3 Å². The lowest BCUT2D eigenvalue weighted by molar-refractivity contribution is -0.0501. The van der Waals surface area contributed by atoms with Crippen LogP contribution in [0.1, 0.15) is 21.5 Å². The number of nitrogens with two attached hydrogens (primary N) is 1. The van der Waals surface area contributed by atoms with Crippen LogP contribution in [-0.2, 0) is 10.1 Å². The highest BCUT2D eigenvalue weighted by molar-refractivity contribution is 7.87. The van der Waals surface area contributed by atoms with Gasteiger partial charge in [0.15, 0.2) is 11.9 Å². The largest absolute Gasteiger partial charge is 0.534 e. The lowest BCUT2D eigenvalue weighted by Gasteiger charge is -2.16. The Morgan fingerprint density at radius 1 is 1.23 bits per heavy atom. The molecule has 3 aromatic rings. The summed E-state index contributed by atoms with van der Waals surface area (Å²) in [4.78, 5) is 19.3. The summed E-state index contributed by atoms with van der Waals surface area (Å²) in [6.07, 6.45) is 1.04. The molecule has 2 heterocycles. The maximum Gasteiger partial charge on any atom is 0.534 e. The Labute approximate surface area is 168 Å². The maximum atomic E-state index is 12.6. The molecule has 0 atom stereocenters. The van der Waals surface area contributed by atoms with Crippen molar-refractivity contribution in [2.24, 2.45) is 0 Å². The molecule has 0 saturated carbocycles. The number of carbonyl (C=O) groups excluding carboxylic acids is 1. The van der Waals surface area contributed by atoms with Crippen molar-refractivity contribution in [3.05, 3.63) is 35.0 Å². The minimum atomic E-state index is -5.96. The highest BCUT2D eigenvalue weighted by atomic mass is 32.2. The average molecular weight is 444 g/mol. The van der Waals surface area contributed by atoms with Gasteiger partial charge in [0.2, 0.25) is 0 Å². The molecule has 13 heteroatoms. The first-order valence-corrected chi connectivity index (χ1v) is 9.61. The molecular weight excluding hydrogens is 429 g/mol. The molecule has 0 fully saturated rings. The number of aldehydes is 1. The minimum Gasteiger partial charge on any atom is -0.496 e. The van der Waals surface area contributed by atoms with Crippen LogP contribution in [0.25, 0.3) is 16.9 Å². The van der Waals surface area contributed by atoms with Gasteiger partial charge >= 0.3 is 15.6 Å². The van der Waals surface area contributed by atoms with Gasteiger partial charge in [0, 0.05) is 5.56 Å². The Hall–Kier alpha value is -3.35. The molecule has 30 heavy (non-hydrogen) atoms. The number of hydrogen-bond acceptors (Lipinski definition) is 8. The first-order valence-electron chi connectivity index (χ1n) is 8.20. The van der Waals surface area contributed by atoms with Crippen LogP contribution in [0.2, 0.25) is 0 Å². The summed E-state index contributed by atoms with van der Waals surface area (Å²) in [5.74, 6) is -0.525. The van der Waals surface area contributed by atoms with E-state index in [-0.39, 0.29) is 22.5 Å². The van der Waals surface area contributed by atoms with E-state index < -0.39 is 21.5 Å². The number of hydrogen-bond donors (Lipinski definition) is 1. The second-order valence-electron chi connectivity index (χ2n) is 6.17. The van der Waals surface area contributed by atoms with Crippen LogP contribution in [0.5, 0.6) is 11.6 Å². The fourth-order valence-corrected chi connectivity index (χ4v) is 3.39. The van der Waals surface area contributed by atoms with Crippen molar-refractivity contribution in [1.29, 1.82) is 0 Å². The van der Waals surface area contributed by atoms with Gasteiger partial charge in [-0.15, -0.1) is 0 Å². The number of benzene rings is 1. The van der Waals surface area contributed by atoms with Crippen LogP contribution < -0.4 is 14.7 Å².